The van der Waals surface area contributed by atoms with Crippen LogP contribution in [0.5, 0.6) is 0 Å². The number of rotatable bonds is 98. The van der Waals surface area contributed by atoms with E-state index in [9.17, 15) is 43.2 Å². The van der Waals surface area contributed by atoms with Gasteiger partial charge in [0.15, 0.2) is 12.2 Å². The van der Waals surface area contributed by atoms with Gasteiger partial charge in [0.25, 0.3) is 0 Å². The number of phosphoric acid groups is 2. The van der Waals surface area contributed by atoms with Crippen LogP contribution in [-0.2, 0) is 65.4 Å². The molecule has 5 atom stereocenters. The Bertz CT molecular complexity index is 2170. The molecule has 17 nitrogen and oxygen atoms in total. The summed E-state index contributed by atoms with van der Waals surface area (Å²) in [4.78, 5) is 73.6. The van der Waals surface area contributed by atoms with Crippen molar-refractivity contribution in [1.82, 2.24) is 0 Å². The van der Waals surface area contributed by atoms with Gasteiger partial charge in [0.1, 0.15) is 19.3 Å². The van der Waals surface area contributed by atoms with Gasteiger partial charge in [-0.05, 0) is 25.7 Å². The Kier molecular flexibility index (Phi) is 89.3. The SMILES string of the molecule is CCCCCCCCCCCCCCCCCCCCCCCCC(=O)OC[C@H](COP(=O)(O)OC[C@@H](O)COP(=O)(O)OC[C@@H](COC(=O)CCCCCCCCCCCCCCC)OC(=O)CCCCCCCCCCCCCCCCCCCCC)OC(=O)CCCCCCCCCCCCCCCCCCCCCCCC. The van der Waals surface area contributed by atoms with Gasteiger partial charge in [-0.1, -0.05) is 490 Å². The Balaban J connectivity index is 5.24. The predicted octanol–water partition coefficient (Wildman–Crippen LogP) is 30.8. The summed E-state index contributed by atoms with van der Waals surface area (Å²) in [6, 6.07) is 0. The van der Waals surface area contributed by atoms with E-state index in [1.54, 1.807) is 0 Å². The van der Waals surface area contributed by atoms with E-state index in [-0.39, 0.29) is 25.7 Å². The summed E-state index contributed by atoms with van der Waals surface area (Å²) in [6.45, 7) is 5.12. The number of unbranched alkanes of at least 4 members (excludes halogenated alkanes) is 72. The lowest BCUT2D eigenvalue weighted by Crippen LogP contribution is -2.30. The van der Waals surface area contributed by atoms with E-state index in [1.807, 2.05) is 0 Å². The monoisotopic (exact) mass is 1690 g/mol. The average Bonchev–Trinajstić information content (AvgIpc) is 0.896. The maximum absolute atomic E-state index is 13.2. The van der Waals surface area contributed by atoms with Crippen molar-refractivity contribution in [2.75, 3.05) is 39.6 Å². The van der Waals surface area contributed by atoms with Crippen molar-refractivity contribution >= 4 is 39.5 Å². The highest BCUT2D eigenvalue weighted by Crippen LogP contribution is 2.45. The van der Waals surface area contributed by atoms with Crippen molar-refractivity contribution in [3.63, 3.8) is 0 Å². The highest BCUT2D eigenvalue weighted by molar-refractivity contribution is 7.47. The van der Waals surface area contributed by atoms with Crippen LogP contribution in [0.1, 0.15) is 541 Å². The largest absolute Gasteiger partial charge is 0.472 e. The lowest BCUT2D eigenvalue weighted by atomic mass is 10.0. The molecule has 0 aromatic rings. The molecule has 0 aliphatic heterocycles. The minimum absolute atomic E-state index is 0.110. The molecule has 0 saturated carbocycles. The Morgan fingerprint density at radius 1 is 0.207 bits per heavy atom. The molecule has 0 rings (SSSR count). The van der Waals surface area contributed by atoms with Crippen LogP contribution < -0.4 is 0 Å². The quantitative estimate of drug-likeness (QED) is 0.0222. The van der Waals surface area contributed by atoms with Crippen molar-refractivity contribution in [1.29, 1.82) is 0 Å². The summed E-state index contributed by atoms with van der Waals surface area (Å²) in [5.74, 6) is -2.08. The maximum atomic E-state index is 13.2. The van der Waals surface area contributed by atoms with Crippen molar-refractivity contribution in [3.8, 4) is 0 Å². The maximum Gasteiger partial charge on any atom is 0.472 e. The van der Waals surface area contributed by atoms with Crippen LogP contribution in [0.4, 0.5) is 0 Å². The van der Waals surface area contributed by atoms with Gasteiger partial charge < -0.3 is 33.8 Å². The van der Waals surface area contributed by atoms with Gasteiger partial charge in [0.05, 0.1) is 26.4 Å². The number of hydrogen-bond donors (Lipinski definition) is 3. The molecule has 3 N–H and O–H groups in total. The van der Waals surface area contributed by atoms with E-state index in [2.05, 4.69) is 27.7 Å². The molecule has 2 unspecified atom stereocenters. The third-order valence-electron chi connectivity index (χ3n) is 23.1. The average molecular weight is 1690 g/mol. The molecule has 0 fully saturated rings. The standard InChI is InChI=1S/C97H190O17P2/c1-5-9-13-17-21-25-29-33-36-39-42-44-46-49-51-54-58-62-66-70-74-78-82-95(100)108-88-93(114-97(102)84-80-76-72-68-64-60-56-53-50-47-45-43-40-37-34-30-26-22-18-14-10-6-2)90-112-116(105,106)110-86-91(98)85-109-115(103,104)111-89-92(87-107-94(99)81-77-73-69-65-61-57-32-28-24-20-16-12-8-4)113-96(101)83-79-75-71-67-63-59-55-52-48-41-38-35-31-27-23-19-15-11-7-3/h91-93,98H,5-90H2,1-4H3,(H,103,104)(H,105,106)/t91-,92+,93+/m0/s1. The highest BCUT2D eigenvalue weighted by atomic mass is 31.2. The molecule has 0 saturated heterocycles. The summed E-state index contributed by atoms with van der Waals surface area (Å²) in [6.07, 6.45) is 90.5. The molecule has 690 valence electrons. The second-order valence-electron chi connectivity index (χ2n) is 34.8. The number of carbonyl (C=O) groups is 4. The van der Waals surface area contributed by atoms with Crippen LogP contribution in [-0.4, -0.2) is 96.7 Å². The number of aliphatic hydroxyl groups is 1. The normalized spacial score (nSPS) is 13.5. The molecular formula is C97H190O17P2. The van der Waals surface area contributed by atoms with Gasteiger partial charge in [-0.3, -0.25) is 37.3 Å². The van der Waals surface area contributed by atoms with E-state index < -0.39 is 97.5 Å². The number of esters is 4. The first-order valence-corrected chi connectivity index (χ1v) is 53.3. The lowest BCUT2D eigenvalue weighted by molar-refractivity contribution is -0.161. The van der Waals surface area contributed by atoms with E-state index in [0.29, 0.717) is 25.7 Å². The van der Waals surface area contributed by atoms with Gasteiger partial charge in [-0.15, -0.1) is 0 Å². The summed E-state index contributed by atoms with van der Waals surface area (Å²) >= 11 is 0. The van der Waals surface area contributed by atoms with Crippen molar-refractivity contribution < 1.29 is 80.2 Å². The molecule has 0 aliphatic carbocycles. The van der Waals surface area contributed by atoms with E-state index in [1.165, 1.54) is 372 Å². The van der Waals surface area contributed by atoms with Crippen LogP contribution in [0.25, 0.3) is 0 Å². The molecule has 0 amide bonds. The molecule has 0 aromatic carbocycles. The molecule has 0 heterocycles. The predicted molar refractivity (Wildman–Crippen MR) is 483 cm³/mol. The zero-order valence-corrected chi connectivity index (χ0v) is 78.3. The summed E-state index contributed by atoms with van der Waals surface area (Å²) < 4.78 is 69.3. The minimum Gasteiger partial charge on any atom is -0.462 e. The zero-order chi connectivity index (χ0) is 84.5. The third-order valence-corrected chi connectivity index (χ3v) is 25.0. The topological polar surface area (TPSA) is 237 Å². The summed E-state index contributed by atoms with van der Waals surface area (Å²) in [5.41, 5.74) is 0. The molecule has 116 heavy (non-hydrogen) atoms. The molecule has 0 bridgehead atoms. The van der Waals surface area contributed by atoms with Crippen molar-refractivity contribution in [2.45, 2.75) is 560 Å². The fourth-order valence-corrected chi connectivity index (χ4v) is 17.0. The fourth-order valence-electron chi connectivity index (χ4n) is 15.5. The first kappa shape index (κ1) is 114. The first-order chi connectivity index (χ1) is 56.7. The van der Waals surface area contributed by atoms with E-state index in [4.69, 9.17) is 37.0 Å². The molecule has 0 radical (unpaired) electrons. The van der Waals surface area contributed by atoms with Crippen LogP contribution in [0, 0.1) is 0 Å². The third kappa shape index (κ3) is 89.8. The Morgan fingerprint density at radius 2 is 0.345 bits per heavy atom. The van der Waals surface area contributed by atoms with Crippen molar-refractivity contribution in [2.24, 2.45) is 0 Å². The fraction of sp³-hybridized carbons (Fsp3) is 0.959. The van der Waals surface area contributed by atoms with Gasteiger partial charge in [-0.2, -0.15) is 0 Å². The molecular weight excluding hydrogens is 1500 g/mol. The van der Waals surface area contributed by atoms with E-state index in [0.717, 1.165) is 89.9 Å². The lowest BCUT2D eigenvalue weighted by Gasteiger charge is -2.21. The summed E-state index contributed by atoms with van der Waals surface area (Å²) in [7, 11) is -9.94. The van der Waals surface area contributed by atoms with Gasteiger partial charge in [0.2, 0.25) is 0 Å². The van der Waals surface area contributed by atoms with Crippen LogP contribution in [0.2, 0.25) is 0 Å². The Morgan fingerprint density at radius 3 is 0.509 bits per heavy atom. The first-order valence-electron chi connectivity index (χ1n) is 50.3. The van der Waals surface area contributed by atoms with Crippen LogP contribution in [0.15, 0.2) is 0 Å². The number of carbonyl (C=O) groups excluding carboxylic acids is 4. The van der Waals surface area contributed by atoms with Crippen LogP contribution in [0.3, 0.4) is 0 Å². The number of phosphoric ester groups is 2. The Labute approximate surface area is 715 Å². The number of hydrogen-bond acceptors (Lipinski definition) is 15. The second-order valence-corrected chi connectivity index (χ2v) is 37.7. The molecule has 0 aromatic heterocycles. The van der Waals surface area contributed by atoms with Gasteiger partial charge in [0, 0.05) is 25.7 Å². The van der Waals surface area contributed by atoms with Crippen molar-refractivity contribution in [3.05, 3.63) is 0 Å². The van der Waals surface area contributed by atoms with E-state index >= 15 is 0 Å². The molecule has 0 spiro atoms. The zero-order valence-electron chi connectivity index (χ0n) is 76.5. The smallest absolute Gasteiger partial charge is 0.462 e. The summed E-state index contributed by atoms with van der Waals surface area (Å²) in [5, 5.41) is 10.7. The van der Waals surface area contributed by atoms with Crippen LogP contribution >= 0.6 is 15.6 Å². The van der Waals surface area contributed by atoms with Gasteiger partial charge in [-0.25, -0.2) is 9.13 Å². The minimum atomic E-state index is -4.97. The number of ether oxygens (including phenoxy) is 4. The molecule has 19 heteroatoms. The highest BCUT2D eigenvalue weighted by Gasteiger charge is 2.31. The second kappa shape index (κ2) is 90.8. The Hall–Kier alpha value is -1.94. The number of aliphatic hydroxyl groups excluding tert-OH is 1. The molecule has 0 aliphatic rings. The van der Waals surface area contributed by atoms with Gasteiger partial charge >= 0.3 is 39.5 Å².